The third-order valence-electron chi connectivity index (χ3n) is 6.56. The van der Waals surface area contributed by atoms with Crippen molar-refractivity contribution in [1.82, 2.24) is 15.1 Å². The maximum atomic E-state index is 13.0. The lowest BCUT2D eigenvalue weighted by Crippen LogP contribution is -2.52. The van der Waals surface area contributed by atoms with Gasteiger partial charge in [0.1, 0.15) is 32.9 Å². The zero-order valence-corrected chi connectivity index (χ0v) is 19.1. The fourth-order valence-corrected chi connectivity index (χ4v) is 4.64. The Morgan fingerprint density at radius 3 is 2.57 bits per heavy atom. The first kappa shape index (κ1) is 23.1. The van der Waals surface area contributed by atoms with Crippen LogP contribution < -0.4 is 15.5 Å². The lowest BCUT2D eigenvalue weighted by molar-refractivity contribution is -0.143. The van der Waals surface area contributed by atoms with Gasteiger partial charge < -0.3 is 19.3 Å². The molecule has 3 aliphatic rings. The van der Waals surface area contributed by atoms with Crippen molar-refractivity contribution in [2.45, 2.75) is 38.6 Å². The number of carbonyl (C=O) groups is 4. The summed E-state index contributed by atoms with van der Waals surface area (Å²) >= 11 is 0. The predicted octanol–water partition coefficient (Wildman–Crippen LogP) is 0.179. The zero-order chi connectivity index (χ0) is 24.5. The van der Waals surface area contributed by atoms with Crippen LogP contribution >= 0.6 is 0 Å². The number of benzene rings is 2. The smallest absolute Gasteiger partial charge is 0.255 e. The first-order chi connectivity index (χ1) is 16.9. The molecule has 0 aliphatic carbocycles. The van der Waals surface area contributed by atoms with Crippen LogP contribution in [0.15, 0.2) is 36.4 Å². The molecule has 35 heavy (non-hydrogen) atoms. The van der Waals surface area contributed by atoms with Gasteiger partial charge in [0.15, 0.2) is 0 Å². The highest BCUT2D eigenvalue weighted by Crippen LogP contribution is 2.32. The zero-order valence-electron chi connectivity index (χ0n) is 19.1. The van der Waals surface area contributed by atoms with E-state index in [0.717, 1.165) is 11.1 Å². The van der Waals surface area contributed by atoms with Crippen LogP contribution in [0.25, 0.3) is 0 Å². The molecule has 2 aromatic rings. The number of carbonyl (C=O) groups excluding carboxylic acids is 4. The first-order valence-corrected chi connectivity index (χ1v) is 11.5. The Hall–Kier alpha value is -3.66. The second kappa shape index (κ2) is 9.54. The first-order valence-electron chi connectivity index (χ1n) is 11.5. The third-order valence-corrected chi connectivity index (χ3v) is 6.56. The number of hydrogen-bond acceptors (Lipinski definition) is 6. The van der Waals surface area contributed by atoms with E-state index in [0.29, 0.717) is 48.5 Å². The second-order valence-electron chi connectivity index (χ2n) is 8.88. The quantitative estimate of drug-likeness (QED) is 0.474. The molecular formula is C25H24BN3O6. The van der Waals surface area contributed by atoms with E-state index >= 15 is 0 Å². The van der Waals surface area contributed by atoms with Crippen molar-refractivity contribution in [3.05, 3.63) is 58.7 Å². The molecular weight excluding hydrogens is 449 g/mol. The van der Waals surface area contributed by atoms with Gasteiger partial charge in [0, 0.05) is 30.6 Å². The Morgan fingerprint density at radius 1 is 1.06 bits per heavy atom. The molecule has 9 nitrogen and oxygen atoms in total. The van der Waals surface area contributed by atoms with E-state index in [1.54, 1.807) is 17.0 Å². The summed E-state index contributed by atoms with van der Waals surface area (Å²) in [6, 6.07) is 10.3. The maximum absolute atomic E-state index is 13.0. The molecule has 2 radical (unpaired) electrons. The van der Waals surface area contributed by atoms with Crippen LogP contribution in [0.1, 0.15) is 39.9 Å². The summed E-state index contributed by atoms with van der Waals surface area (Å²) in [5, 5.41) is 2.30. The van der Waals surface area contributed by atoms with Crippen molar-refractivity contribution in [2.75, 3.05) is 19.8 Å². The van der Waals surface area contributed by atoms with Crippen LogP contribution in [-0.2, 0) is 38.8 Å². The van der Waals surface area contributed by atoms with E-state index in [2.05, 4.69) is 5.32 Å². The standard InChI is InChI=1S/C25H24BN3O6/c26-19-6-5-17-18(12-29(25(17)33)20-7-8-21(30)27-24(20)32)23(19)35-13-16-3-1-15(2-4-16)11-28-9-10-34-14-22(28)31/h1-6,20H,7-14H2,(H,27,30,32). The average molecular weight is 473 g/mol. The van der Waals surface area contributed by atoms with Crippen LogP contribution in [0.3, 0.4) is 0 Å². The summed E-state index contributed by atoms with van der Waals surface area (Å²) in [5.74, 6) is -0.657. The minimum atomic E-state index is -0.701. The minimum Gasteiger partial charge on any atom is -0.489 e. The van der Waals surface area contributed by atoms with E-state index in [1.165, 1.54) is 4.90 Å². The lowest BCUT2D eigenvalue weighted by atomic mass is 9.91. The van der Waals surface area contributed by atoms with Gasteiger partial charge in [-0.05, 0) is 23.6 Å². The molecule has 178 valence electrons. The highest BCUT2D eigenvalue weighted by molar-refractivity contribution is 6.34. The van der Waals surface area contributed by atoms with Gasteiger partial charge in [-0.25, -0.2) is 0 Å². The number of morpholine rings is 1. The van der Waals surface area contributed by atoms with E-state index < -0.39 is 11.9 Å². The van der Waals surface area contributed by atoms with Gasteiger partial charge in [0.05, 0.1) is 13.2 Å². The molecule has 10 heteroatoms. The molecule has 4 amide bonds. The van der Waals surface area contributed by atoms with Crippen molar-refractivity contribution in [3.8, 4) is 5.75 Å². The summed E-state index contributed by atoms with van der Waals surface area (Å²) < 4.78 is 11.2. The highest BCUT2D eigenvalue weighted by Gasteiger charge is 2.40. The van der Waals surface area contributed by atoms with Gasteiger partial charge in [-0.2, -0.15) is 0 Å². The van der Waals surface area contributed by atoms with Crippen LogP contribution in [0.4, 0.5) is 0 Å². The molecule has 1 unspecified atom stereocenters. The Kier molecular flexibility index (Phi) is 6.30. The molecule has 2 saturated heterocycles. The molecule has 3 heterocycles. The summed E-state index contributed by atoms with van der Waals surface area (Å²) in [7, 11) is 6.19. The van der Waals surface area contributed by atoms with Crippen LogP contribution in [0.2, 0.25) is 0 Å². The van der Waals surface area contributed by atoms with Gasteiger partial charge in [-0.15, -0.1) is 0 Å². The molecule has 1 N–H and O–H groups in total. The fourth-order valence-electron chi connectivity index (χ4n) is 4.64. The van der Waals surface area contributed by atoms with Gasteiger partial charge in [-0.1, -0.05) is 35.8 Å². The molecule has 0 saturated carbocycles. The van der Waals surface area contributed by atoms with Crippen LogP contribution in [-0.4, -0.2) is 67.1 Å². The molecule has 0 aromatic heterocycles. The average Bonchev–Trinajstić information content (AvgIpc) is 3.17. The van der Waals surface area contributed by atoms with E-state index in [4.69, 9.17) is 17.3 Å². The lowest BCUT2D eigenvalue weighted by Gasteiger charge is -2.29. The van der Waals surface area contributed by atoms with Gasteiger partial charge in [0.25, 0.3) is 5.91 Å². The molecule has 2 aromatic carbocycles. The number of nitrogens with zero attached hydrogens (tertiary/aromatic N) is 2. The molecule has 1 atom stereocenters. The second-order valence-corrected chi connectivity index (χ2v) is 8.88. The number of hydrogen-bond donors (Lipinski definition) is 1. The normalized spacial score (nSPS) is 20.2. The van der Waals surface area contributed by atoms with Crippen molar-refractivity contribution >= 4 is 36.9 Å². The number of nitrogens with one attached hydrogen (secondary N) is 1. The SMILES string of the molecule is [B]c1ccc2c(c1OCc1ccc(CN3CCOCC3=O)cc1)CN(C1CCC(=O)NC1=O)C2=O. The number of fused-ring (bicyclic) bond motifs is 1. The van der Waals surface area contributed by atoms with Gasteiger partial charge >= 0.3 is 0 Å². The van der Waals surface area contributed by atoms with Gasteiger partial charge in [0.2, 0.25) is 17.7 Å². The largest absolute Gasteiger partial charge is 0.489 e. The van der Waals surface area contributed by atoms with E-state index in [-0.39, 0.29) is 43.9 Å². The molecule has 0 bridgehead atoms. The monoisotopic (exact) mass is 473 g/mol. The third kappa shape index (κ3) is 4.66. The van der Waals surface area contributed by atoms with Crippen LogP contribution in [0, 0.1) is 0 Å². The van der Waals surface area contributed by atoms with Crippen molar-refractivity contribution < 1.29 is 28.7 Å². The number of imide groups is 1. The van der Waals surface area contributed by atoms with Crippen molar-refractivity contribution in [1.29, 1.82) is 0 Å². The summed E-state index contributed by atoms with van der Waals surface area (Å²) in [6.07, 6.45) is 0.482. The van der Waals surface area contributed by atoms with Crippen molar-refractivity contribution in [2.24, 2.45) is 0 Å². The molecule has 5 rings (SSSR count). The summed E-state index contributed by atoms with van der Waals surface area (Å²) in [6.45, 7) is 2.21. The Labute approximate surface area is 203 Å². The summed E-state index contributed by atoms with van der Waals surface area (Å²) in [4.78, 5) is 52.0. The number of rotatable bonds is 6. The maximum Gasteiger partial charge on any atom is 0.255 e. The molecule has 0 spiro atoms. The number of ether oxygens (including phenoxy) is 2. The predicted molar refractivity (Wildman–Crippen MR) is 125 cm³/mol. The van der Waals surface area contributed by atoms with E-state index in [1.807, 2.05) is 24.3 Å². The Bertz CT molecular complexity index is 1200. The van der Waals surface area contributed by atoms with Crippen LogP contribution in [0.5, 0.6) is 5.75 Å². The summed E-state index contributed by atoms with van der Waals surface area (Å²) in [5.41, 5.74) is 3.41. The van der Waals surface area contributed by atoms with Crippen molar-refractivity contribution in [3.63, 3.8) is 0 Å². The topological polar surface area (TPSA) is 105 Å². The van der Waals surface area contributed by atoms with E-state index in [9.17, 15) is 19.2 Å². The number of amides is 4. The Morgan fingerprint density at radius 2 is 1.83 bits per heavy atom. The minimum absolute atomic E-state index is 0.0158. The highest BCUT2D eigenvalue weighted by atomic mass is 16.5. The molecule has 2 fully saturated rings. The number of piperidine rings is 1. The van der Waals surface area contributed by atoms with Gasteiger partial charge in [-0.3, -0.25) is 24.5 Å². The molecule has 3 aliphatic heterocycles. The fraction of sp³-hybridized carbons (Fsp3) is 0.360. The Balaban J connectivity index is 1.27.